The van der Waals surface area contributed by atoms with E-state index in [9.17, 15) is 4.39 Å². The van der Waals surface area contributed by atoms with Gasteiger partial charge in [0, 0.05) is 11.6 Å². The molecule has 0 radical (unpaired) electrons. The Balaban J connectivity index is 2.37. The van der Waals surface area contributed by atoms with Crippen molar-refractivity contribution in [1.82, 2.24) is 9.78 Å². The Bertz CT molecular complexity index is 540. The van der Waals surface area contributed by atoms with Gasteiger partial charge in [0.1, 0.15) is 5.82 Å². The third kappa shape index (κ3) is 1.17. The van der Waals surface area contributed by atoms with E-state index in [0.29, 0.717) is 11.6 Å². The fourth-order valence-corrected chi connectivity index (χ4v) is 1.88. The van der Waals surface area contributed by atoms with Crippen molar-refractivity contribution in [3.05, 3.63) is 29.7 Å². The highest BCUT2D eigenvalue weighted by Gasteiger charge is 2.27. The molecule has 0 unspecified atom stereocenters. The molecule has 1 aliphatic carbocycles. The number of nitrogens with one attached hydrogen (secondary N) is 1. The standard InChI is InChI=1S/C11H10FN3/c12-10-4-1-7-6-14-15(8-2-3-8)11(7)9(10)5-13/h1,4-6,8,13H,2-3H2. The molecule has 4 heteroatoms. The zero-order chi connectivity index (χ0) is 10.4. The summed E-state index contributed by atoms with van der Waals surface area (Å²) in [7, 11) is 0. The smallest absolute Gasteiger partial charge is 0.134 e. The molecule has 0 bridgehead atoms. The number of hydrogen-bond donors (Lipinski definition) is 1. The van der Waals surface area contributed by atoms with Crippen LogP contribution in [0.1, 0.15) is 24.4 Å². The molecule has 0 aliphatic heterocycles. The van der Waals surface area contributed by atoms with E-state index in [1.165, 1.54) is 6.07 Å². The Hall–Kier alpha value is -1.71. The van der Waals surface area contributed by atoms with Gasteiger partial charge in [-0.05, 0) is 25.0 Å². The van der Waals surface area contributed by atoms with Gasteiger partial charge in [-0.3, -0.25) is 4.68 Å². The van der Waals surface area contributed by atoms with Crippen LogP contribution >= 0.6 is 0 Å². The maximum Gasteiger partial charge on any atom is 0.134 e. The molecule has 0 amide bonds. The molecule has 0 atom stereocenters. The molecule has 1 heterocycles. The lowest BCUT2D eigenvalue weighted by Gasteiger charge is -2.04. The second-order valence-corrected chi connectivity index (χ2v) is 3.86. The third-order valence-electron chi connectivity index (χ3n) is 2.78. The van der Waals surface area contributed by atoms with Gasteiger partial charge >= 0.3 is 0 Å². The van der Waals surface area contributed by atoms with Gasteiger partial charge in [-0.2, -0.15) is 5.10 Å². The first-order chi connectivity index (χ1) is 7.31. The summed E-state index contributed by atoms with van der Waals surface area (Å²) in [4.78, 5) is 0. The minimum atomic E-state index is -0.347. The van der Waals surface area contributed by atoms with Crippen molar-refractivity contribution in [2.24, 2.45) is 0 Å². The summed E-state index contributed by atoms with van der Waals surface area (Å²) in [6, 6.07) is 3.51. The van der Waals surface area contributed by atoms with Crippen molar-refractivity contribution in [3.8, 4) is 0 Å². The maximum absolute atomic E-state index is 13.5. The van der Waals surface area contributed by atoms with Crippen LogP contribution in [-0.4, -0.2) is 16.0 Å². The zero-order valence-electron chi connectivity index (χ0n) is 8.07. The molecule has 15 heavy (non-hydrogen) atoms. The molecule has 2 aromatic rings. The topological polar surface area (TPSA) is 41.7 Å². The third-order valence-corrected chi connectivity index (χ3v) is 2.78. The van der Waals surface area contributed by atoms with Crippen LogP contribution in [0.25, 0.3) is 10.9 Å². The van der Waals surface area contributed by atoms with Crippen LogP contribution in [0.5, 0.6) is 0 Å². The van der Waals surface area contributed by atoms with E-state index in [1.807, 2.05) is 4.68 Å². The Morgan fingerprint density at radius 3 is 2.93 bits per heavy atom. The SMILES string of the molecule is N=Cc1c(F)ccc2cnn(C3CC3)c12. The van der Waals surface area contributed by atoms with Crippen LogP contribution in [0.15, 0.2) is 18.3 Å². The van der Waals surface area contributed by atoms with Crippen LogP contribution in [0, 0.1) is 11.2 Å². The van der Waals surface area contributed by atoms with Crippen molar-refractivity contribution >= 4 is 17.1 Å². The molecule has 1 aromatic carbocycles. The van der Waals surface area contributed by atoms with E-state index in [0.717, 1.165) is 30.0 Å². The summed E-state index contributed by atoms with van der Waals surface area (Å²) in [6.45, 7) is 0. The summed E-state index contributed by atoms with van der Waals surface area (Å²) >= 11 is 0. The van der Waals surface area contributed by atoms with Crippen molar-refractivity contribution in [1.29, 1.82) is 5.41 Å². The van der Waals surface area contributed by atoms with Gasteiger partial charge in [0.2, 0.25) is 0 Å². The Morgan fingerprint density at radius 2 is 2.27 bits per heavy atom. The predicted octanol–water partition coefficient (Wildman–Crippen LogP) is 2.51. The van der Waals surface area contributed by atoms with Crippen LogP contribution in [0.2, 0.25) is 0 Å². The summed E-state index contributed by atoms with van der Waals surface area (Å²) in [5, 5.41) is 12.4. The number of halogens is 1. The Labute approximate surface area is 86.0 Å². The Kier molecular flexibility index (Phi) is 1.65. The van der Waals surface area contributed by atoms with Gasteiger partial charge in [-0.1, -0.05) is 0 Å². The fourth-order valence-electron chi connectivity index (χ4n) is 1.88. The molecule has 0 saturated heterocycles. The molecular formula is C11H10FN3. The quantitative estimate of drug-likeness (QED) is 0.748. The average Bonchev–Trinajstić information content (AvgIpc) is 2.99. The molecule has 3 nitrogen and oxygen atoms in total. The lowest BCUT2D eigenvalue weighted by molar-refractivity contribution is 0.621. The van der Waals surface area contributed by atoms with Crippen LogP contribution in [-0.2, 0) is 0 Å². The summed E-state index contributed by atoms with van der Waals surface area (Å²) in [6.07, 6.45) is 5.01. The van der Waals surface area contributed by atoms with Crippen LogP contribution in [0.3, 0.4) is 0 Å². The summed E-state index contributed by atoms with van der Waals surface area (Å²) in [5.41, 5.74) is 1.10. The summed E-state index contributed by atoms with van der Waals surface area (Å²) < 4.78 is 15.3. The van der Waals surface area contributed by atoms with E-state index >= 15 is 0 Å². The number of aromatic nitrogens is 2. The van der Waals surface area contributed by atoms with E-state index in [4.69, 9.17) is 5.41 Å². The molecule has 1 fully saturated rings. The number of fused-ring (bicyclic) bond motifs is 1. The first kappa shape index (κ1) is 8.59. The molecule has 3 rings (SSSR count). The first-order valence-corrected chi connectivity index (χ1v) is 4.97. The molecule has 0 spiro atoms. The highest BCUT2D eigenvalue weighted by atomic mass is 19.1. The van der Waals surface area contributed by atoms with E-state index in [2.05, 4.69) is 5.10 Å². The lowest BCUT2D eigenvalue weighted by Crippen LogP contribution is -2.00. The lowest BCUT2D eigenvalue weighted by atomic mass is 10.1. The Morgan fingerprint density at radius 1 is 1.47 bits per heavy atom. The largest absolute Gasteiger partial charge is 0.308 e. The number of rotatable bonds is 2. The fraction of sp³-hybridized carbons (Fsp3) is 0.273. The van der Waals surface area contributed by atoms with E-state index in [1.54, 1.807) is 12.3 Å². The number of benzene rings is 1. The zero-order valence-corrected chi connectivity index (χ0v) is 8.07. The van der Waals surface area contributed by atoms with Gasteiger partial charge in [0.15, 0.2) is 0 Å². The van der Waals surface area contributed by atoms with Crippen molar-refractivity contribution in [2.45, 2.75) is 18.9 Å². The van der Waals surface area contributed by atoms with E-state index < -0.39 is 0 Å². The minimum absolute atomic E-state index is 0.344. The van der Waals surface area contributed by atoms with E-state index in [-0.39, 0.29) is 5.82 Å². The van der Waals surface area contributed by atoms with Gasteiger partial charge in [-0.15, -0.1) is 0 Å². The average molecular weight is 203 g/mol. The van der Waals surface area contributed by atoms with Gasteiger partial charge in [0.05, 0.1) is 23.3 Å². The van der Waals surface area contributed by atoms with Gasteiger partial charge in [0.25, 0.3) is 0 Å². The monoisotopic (exact) mass is 203 g/mol. The van der Waals surface area contributed by atoms with Crippen LogP contribution < -0.4 is 0 Å². The number of nitrogens with zero attached hydrogens (tertiary/aromatic N) is 2. The molecule has 1 saturated carbocycles. The van der Waals surface area contributed by atoms with Crippen LogP contribution in [0.4, 0.5) is 4.39 Å². The predicted molar refractivity (Wildman–Crippen MR) is 55.8 cm³/mol. The summed E-state index contributed by atoms with van der Waals surface area (Å²) in [5.74, 6) is -0.347. The normalized spacial score (nSPS) is 15.8. The van der Waals surface area contributed by atoms with Crippen molar-refractivity contribution in [2.75, 3.05) is 0 Å². The second-order valence-electron chi connectivity index (χ2n) is 3.86. The second kappa shape index (κ2) is 2.89. The van der Waals surface area contributed by atoms with Gasteiger partial charge < -0.3 is 5.41 Å². The van der Waals surface area contributed by atoms with Crippen molar-refractivity contribution < 1.29 is 4.39 Å². The molecule has 1 aliphatic rings. The maximum atomic E-state index is 13.5. The molecule has 1 aromatic heterocycles. The van der Waals surface area contributed by atoms with Crippen molar-refractivity contribution in [3.63, 3.8) is 0 Å². The highest BCUT2D eigenvalue weighted by molar-refractivity contribution is 5.97. The molecule has 1 N–H and O–H groups in total. The highest BCUT2D eigenvalue weighted by Crippen LogP contribution is 2.37. The molecular weight excluding hydrogens is 193 g/mol. The minimum Gasteiger partial charge on any atom is -0.308 e. The number of hydrogen-bond acceptors (Lipinski definition) is 2. The first-order valence-electron chi connectivity index (χ1n) is 4.97. The molecule has 76 valence electrons. The van der Waals surface area contributed by atoms with Gasteiger partial charge in [-0.25, -0.2) is 4.39 Å².